The summed E-state index contributed by atoms with van der Waals surface area (Å²) < 4.78 is 5.87. The Morgan fingerprint density at radius 2 is 1.55 bits per heavy atom. The van der Waals surface area contributed by atoms with Crippen molar-refractivity contribution >= 4 is 22.6 Å². The molecular formula is C31H32N4O3. The molecule has 7 heteroatoms. The topological polar surface area (TPSA) is 97.5 Å². The van der Waals surface area contributed by atoms with Crippen LogP contribution in [-0.2, 0) is 22.6 Å². The van der Waals surface area contributed by atoms with E-state index in [2.05, 4.69) is 34.6 Å². The highest BCUT2D eigenvalue weighted by atomic mass is 16.5. The highest BCUT2D eigenvalue weighted by Crippen LogP contribution is 2.25. The standard InChI is InChI=1S/C31H32N4O3/c32-16-4-3-7-29-30(36)34-28(20-23-8-11-24-5-1-2-6-25(24)19-23)31(37)35(29)21-22-9-12-26(13-10-22)38-27-14-17-33-18-15-27/h1-2,5-6,8-15,17-19,28-29H,3-4,7,16,20-21,32H2,(H,34,36). The van der Waals surface area contributed by atoms with E-state index in [9.17, 15) is 9.59 Å². The lowest BCUT2D eigenvalue weighted by Crippen LogP contribution is -2.63. The SMILES string of the molecule is NCCCCC1C(=O)NC(Cc2ccc3ccccc3c2)C(=O)N1Cc1ccc(Oc2ccncc2)cc1. The molecule has 1 aliphatic heterocycles. The molecule has 0 saturated carbocycles. The van der Waals surface area contributed by atoms with Gasteiger partial charge in [-0.2, -0.15) is 0 Å². The van der Waals surface area contributed by atoms with E-state index in [1.807, 2.05) is 42.5 Å². The third-order valence-electron chi connectivity index (χ3n) is 6.92. The Bertz CT molecular complexity index is 1390. The maximum absolute atomic E-state index is 13.8. The first kappa shape index (κ1) is 25.4. The Hall–Kier alpha value is -4.23. The van der Waals surface area contributed by atoms with Crippen molar-refractivity contribution in [3.63, 3.8) is 0 Å². The average molecular weight is 509 g/mol. The molecule has 194 valence electrons. The molecule has 1 fully saturated rings. The molecule has 0 radical (unpaired) electrons. The van der Waals surface area contributed by atoms with Gasteiger partial charge in [0.05, 0.1) is 0 Å². The van der Waals surface area contributed by atoms with Crippen LogP contribution in [0.4, 0.5) is 0 Å². The van der Waals surface area contributed by atoms with Gasteiger partial charge in [-0.1, -0.05) is 54.6 Å². The Morgan fingerprint density at radius 3 is 2.32 bits per heavy atom. The van der Waals surface area contributed by atoms with Crippen LogP contribution in [-0.4, -0.2) is 40.3 Å². The first-order valence-electron chi connectivity index (χ1n) is 13.1. The van der Waals surface area contributed by atoms with Crippen molar-refractivity contribution < 1.29 is 14.3 Å². The van der Waals surface area contributed by atoms with Gasteiger partial charge in [-0.15, -0.1) is 0 Å². The van der Waals surface area contributed by atoms with Gasteiger partial charge in [0, 0.05) is 25.4 Å². The monoisotopic (exact) mass is 508 g/mol. The zero-order valence-electron chi connectivity index (χ0n) is 21.3. The van der Waals surface area contributed by atoms with E-state index in [-0.39, 0.29) is 11.8 Å². The van der Waals surface area contributed by atoms with Gasteiger partial charge in [-0.05, 0) is 72.0 Å². The summed E-state index contributed by atoms with van der Waals surface area (Å²) in [6.07, 6.45) is 5.98. The number of fused-ring (bicyclic) bond motifs is 1. The molecule has 1 aliphatic rings. The zero-order chi connectivity index (χ0) is 26.3. The Balaban J connectivity index is 1.33. The molecule has 0 spiro atoms. The van der Waals surface area contributed by atoms with Crippen molar-refractivity contribution in [1.29, 1.82) is 0 Å². The van der Waals surface area contributed by atoms with E-state index in [0.29, 0.717) is 37.4 Å². The van der Waals surface area contributed by atoms with Crippen LogP contribution in [0.1, 0.15) is 30.4 Å². The van der Waals surface area contributed by atoms with Crippen molar-refractivity contribution in [3.05, 3.63) is 102 Å². The van der Waals surface area contributed by atoms with Crippen LogP contribution in [0.15, 0.2) is 91.3 Å². The number of nitrogens with two attached hydrogens (primary N) is 1. The van der Waals surface area contributed by atoms with Gasteiger partial charge in [0.25, 0.3) is 0 Å². The number of nitrogens with zero attached hydrogens (tertiary/aromatic N) is 2. The Labute approximate surface area is 222 Å². The lowest BCUT2D eigenvalue weighted by atomic mass is 9.96. The van der Waals surface area contributed by atoms with Crippen LogP contribution in [0.25, 0.3) is 10.8 Å². The number of piperazine rings is 1. The summed E-state index contributed by atoms with van der Waals surface area (Å²) in [5.74, 6) is 1.22. The van der Waals surface area contributed by atoms with Gasteiger partial charge in [0.1, 0.15) is 23.6 Å². The van der Waals surface area contributed by atoms with Gasteiger partial charge >= 0.3 is 0 Å². The molecule has 4 aromatic rings. The van der Waals surface area contributed by atoms with E-state index in [0.717, 1.165) is 34.7 Å². The predicted molar refractivity (Wildman–Crippen MR) is 148 cm³/mol. The number of rotatable bonds is 10. The number of aromatic nitrogens is 1. The summed E-state index contributed by atoms with van der Waals surface area (Å²) in [7, 11) is 0. The van der Waals surface area contributed by atoms with Crippen molar-refractivity contribution in [2.75, 3.05) is 6.54 Å². The van der Waals surface area contributed by atoms with Crippen LogP contribution in [0.2, 0.25) is 0 Å². The van der Waals surface area contributed by atoms with Crippen LogP contribution in [0, 0.1) is 0 Å². The number of carbonyl (C=O) groups is 2. The molecule has 38 heavy (non-hydrogen) atoms. The van der Waals surface area contributed by atoms with E-state index in [1.165, 1.54) is 0 Å². The van der Waals surface area contributed by atoms with E-state index < -0.39 is 12.1 Å². The van der Waals surface area contributed by atoms with Crippen LogP contribution in [0.3, 0.4) is 0 Å². The van der Waals surface area contributed by atoms with E-state index in [1.54, 1.807) is 29.4 Å². The molecule has 2 atom stereocenters. The Morgan fingerprint density at radius 1 is 0.842 bits per heavy atom. The van der Waals surface area contributed by atoms with Crippen molar-refractivity contribution in [1.82, 2.24) is 15.2 Å². The lowest BCUT2D eigenvalue weighted by Gasteiger charge is -2.39. The molecule has 2 amide bonds. The number of nitrogens with one attached hydrogen (secondary N) is 1. The van der Waals surface area contributed by atoms with Crippen LogP contribution < -0.4 is 15.8 Å². The summed E-state index contributed by atoms with van der Waals surface area (Å²) in [5.41, 5.74) is 7.63. The fourth-order valence-corrected chi connectivity index (χ4v) is 4.92. The normalized spacial score (nSPS) is 17.4. The van der Waals surface area contributed by atoms with Crippen LogP contribution in [0.5, 0.6) is 11.5 Å². The number of benzene rings is 3. The summed E-state index contributed by atoms with van der Waals surface area (Å²) in [6, 6.07) is 24.4. The number of hydrogen-bond acceptors (Lipinski definition) is 5. The van der Waals surface area contributed by atoms with Gasteiger partial charge in [-0.3, -0.25) is 14.6 Å². The highest BCUT2D eigenvalue weighted by Gasteiger charge is 2.40. The third-order valence-corrected chi connectivity index (χ3v) is 6.92. The minimum Gasteiger partial charge on any atom is -0.457 e. The number of carbonyl (C=O) groups excluding carboxylic acids is 2. The molecule has 5 rings (SSSR count). The number of amides is 2. The van der Waals surface area contributed by atoms with Gasteiger partial charge in [0.2, 0.25) is 11.8 Å². The summed E-state index contributed by atoms with van der Waals surface area (Å²) >= 11 is 0. The molecule has 3 N–H and O–H groups in total. The summed E-state index contributed by atoms with van der Waals surface area (Å²) in [5, 5.41) is 5.27. The first-order chi connectivity index (χ1) is 18.6. The predicted octanol–water partition coefficient (Wildman–Crippen LogP) is 4.59. The fourth-order valence-electron chi connectivity index (χ4n) is 4.92. The number of ether oxygens (including phenoxy) is 1. The van der Waals surface area contributed by atoms with Gasteiger partial charge < -0.3 is 20.7 Å². The molecule has 1 aromatic heterocycles. The number of hydrogen-bond donors (Lipinski definition) is 2. The minimum absolute atomic E-state index is 0.0624. The maximum Gasteiger partial charge on any atom is 0.246 e. The van der Waals surface area contributed by atoms with E-state index in [4.69, 9.17) is 10.5 Å². The maximum atomic E-state index is 13.8. The molecule has 2 heterocycles. The Kier molecular flexibility index (Phi) is 7.95. The average Bonchev–Trinajstić information content (AvgIpc) is 2.94. The molecule has 0 aliphatic carbocycles. The molecule has 2 unspecified atom stereocenters. The molecule has 0 bridgehead atoms. The zero-order valence-corrected chi connectivity index (χ0v) is 21.3. The smallest absolute Gasteiger partial charge is 0.246 e. The molecule has 3 aromatic carbocycles. The molecule has 1 saturated heterocycles. The summed E-state index contributed by atoms with van der Waals surface area (Å²) in [6.45, 7) is 0.912. The van der Waals surface area contributed by atoms with E-state index >= 15 is 0 Å². The summed E-state index contributed by atoms with van der Waals surface area (Å²) in [4.78, 5) is 32.7. The van der Waals surface area contributed by atoms with Crippen molar-refractivity contribution in [2.24, 2.45) is 5.73 Å². The fraction of sp³-hybridized carbons (Fsp3) is 0.258. The molecular weight excluding hydrogens is 476 g/mol. The third kappa shape index (κ3) is 6.01. The second kappa shape index (κ2) is 11.9. The molecule has 7 nitrogen and oxygen atoms in total. The first-order valence-corrected chi connectivity index (χ1v) is 13.1. The number of pyridine rings is 1. The number of unbranched alkanes of at least 4 members (excludes halogenated alkanes) is 1. The van der Waals surface area contributed by atoms with Crippen molar-refractivity contribution in [2.45, 2.75) is 44.3 Å². The van der Waals surface area contributed by atoms with Gasteiger partial charge in [0.15, 0.2) is 0 Å². The van der Waals surface area contributed by atoms with Crippen LogP contribution >= 0.6 is 0 Å². The largest absolute Gasteiger partial charge is 0.457 e. The van der Waals surface area contributed by atoms with Gasteiger partial charge in [-0.25, -0.2) is 0 Å². The van der Waals surface area contributed by atoms with Crippen molar-refractivity contribution in [3.8, 4) is 11.5 Å². The quantitative estimate of drug-likeness (QED) is 0.305. The second-order valence-electron chi connectivity index (χ2n) is 9.64. The minimum atomic E-state index is -0.608. The second-order valence-corrected chi connectivity index (χ2v) is 9.64. The lowest BCUT2D eigenvalue weighted by molar-refractivity contribution is -0.150. The highest BCUT2D eigenvalue weighted by molar-refractivity contribution is 5.97.